The molecule has 0 saturated heterocycles. The Morgan fingerprint density at radius 3 is 2.86 bits per heavy atom. The van der Waals surface area contributed by atoms with Gasteiger partial charge in [0, 0.05) is 5.71 Å². The number of carbonyl (C=O) groups is 1. The number of hydrogen-bond acceptors (Lipinski definition) is 2. The summed E-state index contributed by atoms with van der Waals surface area (Å²) in [5.74, 6) is -0.483. The lowest BCUT2D eigenvalue weighted by atomic mass is 10.3. The van der Waals surface area contributed by atoms with Gasteiger partial charge in [0.2, 0.25) is 0 Å². The molecule has 0 saturated carbocycles. The Morgan fingerprint density at radius 1 is 1.50 bits per heavy atom. The first kappa shape index (κ1) is 8.87. The smallest absolute Gasteiger partial charge is 0.253 e. The van der Waals surface area contributed by atoms with E-state index in [4.69, 9.17) is 0 Å². The van der Waals surface area contributed by atoms with Crippen LogP contribution in [0.1, 0.15) is 13.3 Å². The van der Waals surface area contributed by atoms with E-state index in [-0.39, 0.29) is 11.7 Å². The van der Waals surface area contributed by atoms with Crippen LogP contribution in [-0.4, -0.2) is 11.6 Å². The molecule has 0 atom stereocenters. The van der Waals surface area contributed by atoms with Crippen LogP contribution in [0.2, 0.25) is 0 Å². The summed E-state index contributed by atoms with van der Waals surface area (Å²) in [6, 6.07) is 5.84. The van der Waals surface area contributed by atoms with Crippen molar-refractivity contribution in [1.29, 1.82) is 0 Å². The van der Waals surface area contributed by atoms with E-state index in [1.165, 1.54) is 17.1 Å². The minimum atomic E-state index is -0.366. The zero-order valence-corrected chi connectivity index (χ0v) is 7.70. The lowest BCUT2D eigenvalue weighted by Crippen LogP contribution is -2.19. The number of nitrogens with zero attached hydrogens (tertiary/aromatic N) is 2. The molecule has 2 rings (SSSR count). The number of anilines is 1. The quantitative estimate of drug-likeness (QED) is 0.669. The predicted octanol–water partition coefficient (Wildman–Crippen LogP) is 1.94. The highest BCUT2D eigenvalue weighted by molar-refractivity contribution is 6.12. The second-order valence-electron chi connectivity index (χ2n) is 3.20. The summed E-state index contributed by atoms with van der Waals surface area (Å²) in [5.41, 5.74) is 1.23. The molecule has 4 heteroatoms. The zero-order valence-electron chi connectivity index (χ0n) is 7.70. The van der Waals surface area contributed by atoms with Crippen LogP contribution in [0, 0.1) is 5.82 Å². The van der Waals surface area contributed by atoms with Crippen LogP contribution < -0.4 is 5.01 Å². The van der Waals surface area contributed by atoms with Gasteiger partial charge in [-0.2, -0.15) is 5.10 Å². The highest BCUT2D eigenvalue weighted by Crippen LogP contribution is 2.20. The van der Waals surface area contributed by atoms with Crippen LogP contribution >= 0.6 is 0 Å². The molecule has 1 amide bonds. The monoisotopic (exact) mass is 192 g/mol. The Balaban J connectivity index is 2.36. The summed E-state index contributed by atoms with van der Waals surface area (Å²) in [7, 11) is 0. The van der Waals surface area contributed by atoms with Gasteiger partial charge in [-0.1, -0.05) is 6.07 Å². The van der Waals surface area contributed by atoms with Crippen molar-refractivity contribution in [2.24, 2.45) is 5.10 Å². The van der Waals surface area contributed by atoms with Crippen LogP contribution in [0.3, 0.4) is 0 Å². The summed E-state index contributed by atoms with van der Waals surface area (Å²) < 4.78 is 12.9. The largest absolute Gasteiger partial charge is 0.272 e. The Bertz CT molecular complexity index is 414. The van der Waals surface area contributed by atoms with Gasteiger partial charge in [-0.3, -0.25) is 4.79 Å². The molecule has 0 aliphatic carbocycles. The van der Waals surface area contributed by atoms with Crippen molar-refractivity contribution in [3.05, 3.63) is 30.1 Å². The van der Waals surface area contributed by atoms with Gasteiger partial charge in [-0.05, 0) is 25.1 Å². The summed E-state index contributed by atoms with van der Waals surface area (Å²) in [6.07, 6.45) is 0.316. The maximum absolute atomic E-state index is 12.9. The summed E-state index contributed by atoms with van der Waals surface area (Å²) in [6.45, 7) is 1.77. The first-order valence-corrected chi connectivity index (χ1v) is 4.29. The van der Waals surface area contributed by atoms with E-state index in [9.17, 15) is 9.18 Å². The van der Waals surface area contributed by atoms with E-state index >= 15 is 0 Å². The fourth-order valence-electron chi connectivity index (χ4n) is 1.37. The number of rotatable bonds is 1. The molecule has 1 aromatic carbocycles. The van der Waals surface area contributed by atoms with Crippen molar-refractivity contribution in [2.45, 2.75) is 13.3 Å². The molecule has 1 aliphatic heterocycles. The SMILES string of the molecule is CC1=NN(c2cccc(F)c2)C(=O)C1. The van der Waals surface area contributed by atoms with Crippen molar-refractivity contribution in [2.75, 3.05) is 5.01 Å². The third kappa shape index (κ3) is 1.51. The van der Waals surface area contributed by atoms with Crippen LogP contribution in [0.25, 0.3) is 0 Å². The van der Waals surface area contributed by atoms with E-state index in [1.807, 2.05) is 0 Å². The number of carbonyl (C=O) groups excluding carboxylic acids is 1. The van der Waals surface area contributed by atoms with Crippen molar-refractivity contribution >= 4 is 17.3 Å². The summed E-state index contributed by atoms with van der Waals surface area (Å²) in [5, 5.41) is 5.25. The molecule has 0 bridgehead atoms. The number of hydrazone groups is 1. The molecule has 1 aromatic rings. The van der Waals surface area contributed by atoms with Crippen molar-refractivity contribution in [1.82, 2.24) is 0 Å². The molecule has 1 heterocycles. The summed E-state index contributed by atoms with van der Waals surface area (Å²) in [4.78, 5) is 11.4. The first-order chi connectivity index (χ1) is 6.66. The maximum Gasteiger partial charge on any atom is 0.253 e. The second-order valence-corrected chi connectivity index (χ2v) is 3.20. The van der Waals surface area contributed by atoms with E-state index in [0.717, 1.165) is 5.71 Å². The third-order valence-corrected chi connectivity index (χ3v) is 1.97. The van der Waals surface area contributed by atoms with Gasteiger partial charge in [0.15, 0.2) is 0 Å². The first-order valence-electron chi connectivity index (χ1n) is 4.29. The number of amides is 1. The summed E-state index contributed by atoms with van der Waals surface area (Å²) >= 11 is 0. The van der Waals surface area contributed by atoms with Gasteiger partial charge >= 0.3 is 0 Å². The lowest BCUT2D eigenvalue weighted by Gasteiger charge is -2.10. The molecule has 14 heavy (non-hydrogen) atoms. The molecule has 72 valence electrons. The fraction of sp³-hybridized carbons (Fsp3) is 0.200. The third-order valence-electron chi connectivity index (χ3n) is 1.97. The van der Waals surface area contributed by atoms with Crippen LogP contribution in [-0.2, 0) is 4.79 Å². The van der Waals surface area contributed by atoms with E-state index < -0.39 is 0 Å². The molecule has 3 nitrogen and oxygen atoms in total. The average molecular weight is 192 g/mol. The minimum Gasteiger partial charge on any atom is -0.272 e. The molecular formula is C10H9FN2O. The number of hydrogen-bond donors (Lipinski definition) is 0. The number of benzene rings is 1. The van der Waals surface area contributed by atoms with Crippen molar-refractivity contribution < 1.29 is 9.18 Å². The Hall–Kier alpha value is -1.71. The van der Waals surface area contributed by atoms with Gasteiger partial charge in [-0.25, -0.2) is 9.40 Å². The highest BCUT2D eigenvalue weighted by Gasteiger charge is 2.22. The van der Waals surface area contributed by atoms with Gasteiger partial charge in [0.25, 0.3) is 5.91 Å². The molecule has 0 radical (unpaired) electrons. The zero-order chi connectivity index (χ0) is 10.1. The van der Waals surface area contributed by atoms with Gasteiger partial charge < -0.3 is 0 Å². The van der Waals surface area contributed by atoms with E-state index in [1.54, 1.807) is 19.1 Å². The van der Waals surface area contributed by atoms with Crippen molar-refractivity contribution in [3.8, 4) is 0 Å². The lowest BCUT2D eigenvalue weighted by molar-refractivity contribution is -0.116. The van der Waals surface area contributed by atoms with E-state index in [0.29, 0.717) is 12.1 Å². The Morgan fingerprint density at radius 2 is 2.29 bits per heavy atom. The molecular weight excluding hydrogens is 183 g/mol. The minimum absolute atomic E-state index is 0.117. The van der Waals surface area contributed by atoms with Gasteiger partial charge in [0.1, 0.15) is 5.82 Å². The molecule has 0 aromatic heterocycles. The van der Waals surface area contributed by atoms with Gasteiger partial charge in [0.05, 0.1) is 12.1 Å². The van der Waals surface area contributed by atoms with Crippen LogP contribution in [0.4, 0.5) is 10.1 Å². The normalized spacial score (nSPS) is 16.0. The average Bonchev–Trinajstić information content (AvgIpc) is 2.45. The fourth-order valence-corrected chi connectivity index (χ4v) is 1.37. The number of halogens is 1. The van der Waals surface area contributed by atoms with Gasteiger partial charge in [-0.15, -0.1) is 0 Å². The second kappa shape index (κ2) is 3.21. The Kier molecular flexibility index (Phi) is 2.04. The van der Waals surface area contributed by atoms with Crippen molar-refractivity contribution in [3.63, 3.8) is 0 Å². The predicted molar refractivity (Wildman–Crippen MR) is 51.6 cm³/mol. The van der Waals surface area contributed by atoms with E-state index in [2.05, 4.69) is 5.10 Å². The highest BCUT2D eigenvalue weighted by atomic mass is 19.1. The van der Waals surface area contributed by atoms with Crippen LogP contribution in [0.5, 0.6) is 0 Å². The molecule has 0 spiro atoms. The molecule has 1 aliphatic rings. The maximum atomic E-state index is 12.9. The topological polar surface area (TPSA) is 32.7 Å². The Labute approximate surface area is 80.8 Å². The molecule has 0 unspecified atom stereocenters. The standard InChI is InChI=1S/C10H9FN2O/c1-7-5-10(14)13(12-7)9-4-2-3-8(11)6-9/h2-4,6H,5H2,1H3. The molecule has 0 fully saturated rings. The van der Waals surface area contributed by atoms with Crippen LogP contribution in [0.15, 0.2) is 29.4 Å². The molecule has 0 N–H and O–H groups in total.